The van der Waals surface area contributed by atoms with Crippen molar-refractivity contribution in [2.75, 3.05) is 10.6 Å². The van der Waals surface area contributed by atoms with Crippen molar-refractivity contribution in [3.8, 4) is 0 Å². The number of nitrogens with one attached hydrogen (secondary N) is 3. The molecule has 0 saturated heterocycles. The molecule has 4 saturated carbocycles. The van der Waals surface area contributed by atoms with Gasteiger partial charge in [0, 0.05) is 17.8 Å². The summed E-state index contributed by atoms with van der Waals surface area (Å²) < 4.78 is 0. The minimum Gasteiger partial charge on any atom is -0.332 e. The third kappa shape index (κ3) is 4.63. The monoisotopic (exact) mass is 413 g/mol. The maximum absolute atomic E-state index is 13.1. The molecular formula is C23H31N3O2S. The molecule has 0 unspecified atom stereocenters. The average Bonchev–Trinajstić information content (AvgIpc) is 2.61. The van der Waals surface area contributed by atoms with Crippen LogP contribution in [0.3, 0.4) is 0 Å². The molecule has 4 bridgehead atoms. The van der Waals surface area contributed by atoms with Crippen LogP contribution in [0.4, 0.5) is 11.4 Å². The number of rotatable bonds is 5. The molecule has 0 aliphatic heterocycles. The zero-order chi connectivity index (χ0) is 20.6. The van der Waals surface area contributed by atoms with Crippen molar-refractivity contribution < 1.29 is 9.59 Å². The molecule has 6 heteroatoms. The van der Waals surface area contributed by atoms with E-state index in [1.54, 1.807) is 0 Å². The molecule has 4 aliphatic rings. The first kappa shape index (κ1) is 20.3. The normalized spacial score (nSPS) is 29.6. The van der Waals surface area contributed by atoms with Crippen molar-refractivity contribution in [2.45, 2.75) is 58.8 Å². The third-order valence-electron chi connectivity index (χ3n) is 6.77. The van der Waals surface area contributed by atoms with Gasteiger partial charge in [-0.2, -0.15) is 0 Å². The Balaban J connectivity index is 1.31. The second-order valence-corrected chi connectivity index (χ2v) is 10.2. The summed E-state index contributed by atoms with van der Waals surface area (Å²) in [5, 5.41) is 9.31. The number of thiocarbonyl (C=S) groups is 1. The number of carbonyl (C=O) groups is 2. The standard InChI is InChI=1S/C23H31N3O2S/c1-14(2)7-20(27)24-18-3-5-19(6-4-18)25-22(29)26-21(28)23-11-15-8-16(12-23)10-17(9-15)13-23/h3-6,14-17H,7-13H2,1-2H3,(H,24,27)(H2,25,26,28,29). The van der Waals surface area contributed by atoms with Crippen molar-refractivity contribution in [2.24, 2.45) is 29.1 Å². The summed E-state index contributed by atoms with van der Waals surface area (Å²) >= 11 is 5.40. The molecule has 0 aromatic heterocycles. The third-order valence-corrected chi connectivity index (χ3v) is 6.97. The highest BCUT2D eigenvalue weighted by Crippen LogP contribution is 2.60. The number of carbonyl (C=O) groups excluding carboxylic acids is 2. The molecule has 156 valence electrons. The lowest BCUT2D eigenvalue weighted by Crippen LogP contribution is -2.55. The first-order valence-corrected chi connectivity index (χ1v) is 11.2. The van der Waals surface area contributed by atoms with Crippen LogP contribution in [0, 0.1) is 29.1 Å². The van der Waals surface area contributed by atoms with Gasteiger partial charge in [0.15, 0.2) is 5.11 Å². The van der Waals surface area contributed by atoms with Crippen molar-refractivity contribution in [3.05, 3.63) is 24.3 Å². The molecule has 0 heterocycles. The lowest BCUT2D eigenvalue weighted by atomic mass is 9.49. The number of amides is 2. The SMILES string of the molecule is CC(C)CC(=O)Nc1ccc(NC(=S)NC(=O)C23CC4CC(CC(C4)C2)C3)cc1. The van der Waals surface area contributed by atoms with Gasteiger partial charge >= 0.3 is 0 Å². The Hall–Kier alpha value is -1.95. The first-order chi connectivity index (χ1) is 13.8. The van der Waals surface area contributed by atoms with Gasteiger partial charge in [0.1, 0.15) is 0 Å². The molecular weight excluding hydrogens is 382 g/mol. The van der Waals surface area contributed by atoms with Gasteiger partial charge in [0.25, 0.3) is 0 Å². The fourth-order valence-electron chi connectivity index (χ4n) is 6.01. The molecule has 4 fully saturated rings. The Morgan fingerprint density at radius 2 is 1.45 bits per heavy atom. The lowest BCUT2D eigenvalue weighted by molar-refractivity contribution is -0.144. The largest absolute Gasteiger partial charge is 0.332 e. The van der Waals surface area contributed by atoms with Gasteiger partial charge in [-0.25, -0.2) is 0 Å². The van der Waals surface area contributed by atoms with Crippen molar-refractivity contribution in [1.29, 1.82) is 0 Å². The van der Waals surface area contributed by atoms with Gasteiger partial charge in [-0.3, -0.25) is 9.59 Å². The summed E-state index contributed by atoms with van der Waals surface area (Å²) in [7, 11) is 0. The predicted octanol–water partition coefficient (Wildman–Crippen LogP) is 4.70. The maximum atomic E-state index is 13.1. The van der Waals surface area contributed by atoms with E-state index in [0.717, 1.165) is 48.4 Å². The summed E-state index contributed by atoms with van der Waals surface area (Å²) in [6, 6.07) is 7.39. The number of anilines is 2. The van der Waals surface area contributed by atoms with Gasteiger partial charge in [-0.1, -0.05) is 13.8 Å². The van der Waals surface area contributed by atoms with Crippen LogP contribution in [0.2, 0.25) is 0 Å². The fraction of sp³-hybridized carbons (Fsp3) is 0.609. The zero-order valence-electron chi connectivity index (χ0n) is 17.3. The van der Waals surface area contributed by atoms with Crippen molar-refractivity contribution in [1.82, 2.24) is 5.32 Å². The molecule has 5 nitrogen and oxygen atoms in total. The maximum Gasteiger partial charge on any atom is 0.232 e. The van der Waals surface area contributed by atoms with E-state index in [2.05, 4.69) is 16.0 Å². The van der Waals surface area contributed by atoms with Crippen LogP contribution < -0.4 is 16.0 Å². The van der Waals surface area contributed by atoms with E-state index in [9.17, 15) is 9.59 Å². The molecule has 1 aromatic carbocycles. The highest BCUT2D eigenvalue weighted by molar-refractivity contribution is 7.80. The molecule has 2 amide bonds. The van der Waals surface area contributed by atoms with Crippen LogP contribution >= 0.6 is 12.2 Å². The van der Waals surface area contributed by atoms with E-state index in [4.69, 9.17) is 12.2 Å². The second-order valence-electron chi connectivity index (χ2n) is 9.83. The Morgan fingerprint density at radius 1 is 0.966 bits per heavy atom. The summed E-state index contributed by atoms with van der Waals surface area (Å²) in [4.78, 5) is 24.9. The molecule has 0 atom stereocenters. The average molecular weight is 414 g/mol. The quantitative estimate of drug-likeness (QED) is 0.612. The van der Waals surface area contributed by atoms with Gasteiger partial charge in [0.2, 0.25) is 11.8 Å². The van der Waals surface area contributed by atoms with E-state index in [-0.39, 0.29) is 17.2 Å². The van der Waals surface area contributed by atoms with Crippen LogP contribution in [0.15, 0.2) is 24.3 Å². The lowest BCUT2D eigenvalue weighted by Gasteiger charge is -2.55. The Morgan fingerprint density at radius 3 is 1.93 bits per heavy atom. The Kier molecular flexibility index (Phi) is 5.65. The van der Waals surface area contributed by atoms with Crippen molar-refractivity contribution in [3.63, 3.8) is 0 Å². The zero-order valence-corrected chi connectivity index (χ0v) is 18.1. The number of hydrogen-bond acceptors (Lipinski definition) is 3. The Bertz CT molecular complexity index is 768. The first-order valence-electron chi connectivity index (χ1n) is 10.8. The number of hydrogen-bond donors (Lipinski definition) is 3. The molecule has 0 radical (unpaired) electrons. The summed E-state index contributed by atoms with van der Waals surface area (Å²) in [6.45, 7) is 4.04. The number of benzene rings is 1. The molecule has 1 aromatic rings. The minimum absolute atomic E-state index is 0.0130. The van der Waals surface area contributed by atoms with E-state index >= 15 is 0 Å². The van der Waals surface area contributed by atoms with Crippen LogP contribution in [-0.4, -0.2) is 16.9 Å². The summed E-state index contributed by atoms with van der Waals surface area (Å²) in [5.41, 5.74) is 1.35. The van der Waals surface area contributed by atoms with Crippen LogP contribution in [-0.2, 0) is 9.59 Å². The summed E-state index contributed by atoms with van der Waals surface area (Å²) in [6.07, 6.45) is 7.52. The molecule has 4 aliphatic carbocycles. The Labute approximate surface area is 178 Å². The van der Waals surface area contributed by atoms with E-state index < -0.39 is 0 Å². The van der Waals surface area contributed by atoms with Crippen LogP contribution in [0.25, 0.3) is 0 Å². The molecule has 5 rings (SSSR count). The van der Waals surface area contributed by atoms with Crippen molar-refractivity contribution >= 4 is 40.5 Å². The summed E-state index contributed by atoms with van der Waals surface area (Å²) in [5.74, 6) is 2.63. The van der Waals surface area contributed by atoms with Gasteiger partial charge < -0.3 is 16.0 Å². The molecule has 3 N–H and O–H groups in total. The highest BCUT2D eigenvalue weighted by Gasteiger charge is 2.54. The second kappa shape index (κ2) is 8.05. The van der Waals surface area contributed by atoms with Gasteiger partial charge in [0.05, 0.1) is 5.41 Å². The molecule has 29 heavy (non-hydrogen) atoms. The smallest absolute Gasteiger partial charge is 0.232 e. The van der Waals surface area contributed by atoms with Gasteiger partial charge in [-0.05, 0) is 98.7 Å². The highest BCUT2D eigenvalue weighted by atomic mass is 32.1. The predicted molar refractivity (Wildman–Crippen MR) is 119 cm³/mol. The van der Waals surface area contributed by atoms with Gasteiger partial charge in [-0.15, -0.1) is 0 Å². The van der Waals surface area contributed by atoms with Crippen LogP contribution in [0.5, 0.6) is 0 Å². The van der Waals surface area contributed by atoms with E-state index in [0.29, 0.717) is 17.5 Å². The fourth-order valence-corrected chi connectivity index (χ4v) is 6.22. The topological polar surface area (TPSA) is 70.2 Å². The minimum atomic E-state index is -0.203. The van der Waals surface area contributed by atoms with E-state index in [1.807, 2.05) is 38.1 Å². The van der Waals surface area contributed by atoms with Crippen LogP contribution in [0.1, 0.15) is 58.8 Å². The molecule has 0 spiro atoms. The van der Waals surface area contributed by atoms with E-state index in [1.165, 1.54) is 19.3 Å².